The summed E-state index contributed by atoms with van der Waals surface area (Å²) in [5.74, 6) is 0.928. The molecule has 0 N–H and O–H groups in total. The maximum atomic E-state index is 13.0. The molecule has 3 rings (SSSR count). The van der Waals surface area contributed by atoms with Crippen LogP contribution in [0, 0.1) is 6.92 Å². The van der Waals surface area contributed by atoms with Crippen molar-refractivity contribution in [3.63, 3.8) is 0 Å². The first-order chi connectivity index (χ1) is 13.2. The predicted octanol–water partition coefficient (Wildman–Crippen LogP) is 3.72. The third kappa shape index (κ3) is 4.93. The van der Waals surface area contributed by atoms with Gasteiger partial charge in [-0.25, -0.2) is 8.42 Å². The zero-order chi connectivity index (χ0) is 20.3. The van der Waals surface area contributed by atoms with Crippen molar-refractivity contribution >= 4 is 21.4 Å². The van der Waals surface area contributed by atoms with Gasteiger partial charge in [0.05, 0.1) is 17.5 Å². The van der Waals surface area contributed by atoms with Gasteiger partial charge in [-0.2, -0.15) is 0 Å². The van der Waals surface area contributed by atoms with Gasteiger partial charge in [-0.1, -0.05) is 43.7 Å². The van der Waals surface area contributed by atoms with E-state index in [9.17, 15) is 13.2 Å². The number of carbonyl (C=O) groups excluding carboxylic acids is 1. The van der Waals surface area contributed by atoms with E-state index in [0.717, 1.165) is 5.56 Å². The van der Waals surface area contributed by atoms with Gasteiger partial charge in [-0.15, -0.1) is 0 Å². The normalized spacial score (nSPS) is 18.2. The first-order valence-corrected chi connectivity index (χ1v) is 11.4. The number of benzene rings is 2. The zero-order valence-corrected chi connectivity index (χ0v) is 17.4. The van der Waals surface area contributed by atoms with Crippen LogP contribution in [0.3, 0.4) is 0 Å². The summed E-state index contributed by atoms with van der Waals surface area (Å²) in [5, 5.41) is 0. The molecule has 1 aliphatic rings. The lowest BCUT2D eigenvalue weighted by atomic mass is 10.0. The Hall–Kier alpha value is -2.34. The summed E-state index contributed by atoms with van der Waals surface area (Å²) in [7, 11) is -3.10. The summed E-state index contributed by atoms with van der Waals surface area (Å²) in [6.07, 6.45) is 0.449. The van der Waals surface area contributed by atoms with Crippen molar-refractivity contribution in [3.8, 4) is 5.75 Å². The lowest BCUT2D eigenvalue weighted by molar-refractivity contribution is -0.121. The zero-order valence-electron chi connectivity index (χ0n) is 16.6. The van der Waals surface area contributed by atoms with Crippen LogP contribution in [0.4, 0.5) is 5.69 Å². The van der Waals surface area contributed by atoms with E-state index >= 15 is 0 Å². The van der Waals surface area contributed by atoms with Crippen molar-refractivity contribution in [2.45, 2.75) is 39.2 Å². The molecule has 0 saturated carbocycles. The quantitative estimate of drug-likeness (QED) is 0.740. The SMILES string of the molecule is Cc1ccc(N(C(=O)COc2ccc(C(C)C)cc2)C2CCS(=O)(=O)C2)cc1. The highest BCUT2D eigenvalue weighted by Crippen LogP contribution is 2.26. The number of carbonyl (C=O) groups is 1. The molecule has 2 aromatic rings. The monoisotopic (exact) mass is 401 g/mol. The minimum atomic E-state index is -3.10. The summed E-state index contributed by atoms with van der Waals surface area (Å²) >= 11 is 0. The van der Waals surface area contributed by atoms with E-state index in [2.05, 4.69) is 13.8 Å². The van der Waals surface area contributed by atoms with Crippen molar-refractivity contribution in [1.82, 2.24) is 0 Å². The molecule has 2 aromatic carbocycles. The second-order valence-corrected chi connectivity index (χ2v) is 9.90. The van der Waals surface area contributed by atoms with Crippen LogP contribution in [-0.2, 0) is 14.6 Å². The van der Waals surface area contributed by atoms with Gasteiger partial charge in [0.25, 0.3) is 5.91 Å². The van der Waals surface area contributed by atoms with Crippen LogP contribution in [0.1, 0.15) is 37.3 Å². The Morgan fingerprint density at radius 1 is 1.11 bits per heavy atom. The van der Waals surface area contributed by atoms with Gasteiger partial charge in [0.15, 0.2) is 16.4 Å². The number of nitrogens with zero attached hydrogens (tertiary/aromatic N) is 1. The van der Waals surface area contributed by atoms with Crippen molar-refractivity contribution in [2.75, 3.05) is 23.0 Å². The molecule has 1 unspecified atom stereocenters. The molecule has 0 aliphatic carbocycles. The van der Waals surface area contributed by atoms with Crippen LogP contribution >= 0.6 is 0 Å². The molecule has 28 heavy (non-hydrogen) atoms. The van der Waals surface area contributed by atoms with Crippen LogP contribution < -0.4 is 9.64 Å². The summed E-state index contributed by atoms with van der Waals surface area (Å²) in [6.45, 7) is 6.08. The van der Waals surface area contributed by atoms with E-state index in [-0.39, 0.29) is 30.1 Å². The van der Waals surface area contributed by atoms with Crippen LogP contribution in [0.25, 0.3) is 0 Å². The van der Waals surface area contributed by atoms with Gasteiger partial charge in [-0.3, -0.25) is 4.79 Å². The van der Waals surface area contributed by atoms with Gasteiger partial charge >= 0.3 is 0 Å². The second kappa shape index (κ2) is 8.35. The largest absolute Gasteiger partial charge is 0.484 e. The molecule has 0 spiro atoms. The summed E-state index contributed by atoms with van der Waals surface area (Å²) in [5.41, 5.74) is 2.99. The Morgan fingerprint density at radius 3 is 2.29 bits per heavy atom. The molecular formula is C22H27NO4S. The minimum absolute atomic E-state index is 0.00426. The van der Waals surface area contributed by atoms with E-state index in [0.29, 0.717) is 23.8 Å². The topological polar surface area (TPSA) is 63.7 Å². The standard InChI is InChI=1S/C22H27NO4S/c1-16(2)18-6-10-21(11-7-18)27-14-22(24)23(19-8-4-17(3)5-9-19)20-12-13-28(25,26)15-20/h4-11,16,20H,12-15H2,1-3H3. The fourth-order valence-corrected chi connectivity index (χ4v) is 5.11. The number of ether oxygens (including phenoxy) is 1. The highest BCUT2D eigenvalue weighted by Gasteiger charge is 2.35. The Balaban J connectivity index is 1.75. The average molecular weight is 402 g/mol. The molecule has 150 valence electrons. The van der Waals surface area contributed by atoms with E-state index in [1.165, 1.54) is 5.56 Å². The summed E-state index contributed by atoms with van der Waals surface area (Å²) in [6, 6.07) is 14.9. The molecule has 1 heterocycles. The average Bonchev–Trinajstić information content (AvgIpc) is 3.01. The van der Waals surface area contributed by atoms with Gasteiger partial charge < -0.3 is 9.64 Å². The van der Waals surface area contributed by atoms with Crippen molar-refractivity contribution in [1.29, 1.82) is 0 Å². The third-order valence-corrected chi connectivity index (χ3v) is 6.81. The lowest BCUT2D eigenvalue weighted by Crippen LogP contribution is -2.43. The minimum Gasteiger partial charge on any atom is -0.484 e. The number of sulfone groups is 1. The Kier molecular flexibility index (Phi) is 6.08. The number of hydrogen-bond donors (Lipinski definition) is 0. The predicted molar refractivity (Wildman–Crippen MR) is 112 cm³/mol. The highest BCUT2D eigenvalue weighted by atomic mass is 32.2. The van der Waals surface area contributed by atoms with E-state index in [1.54, 1.807) is 4.90 Å². The molecule has 0 bridgehead atoms. The number of anilines is 1. The van der Waals surface area contributed by atoms with Gasteiger partial charge in [0.2, 0.25) is 0 Å². The van der Waals surface area contributed by atoms with E-state index in [4.69, 9.17) is 4.74 Å². The maximum absolute atomic E-state index is 13.0. The number of aryl methyl sites for hydroxylation is 1. The number of hydrogen-bond acceptors (Lipinski definition) is 4. The molecule has 6 heteroatoms. The summed E-state index contributed by atoms with van der Waals surface area (Å²) < 4.78 is 29.6. The molecular weight excluding hydrogens is 374 g/mol. The van der Waals surface area contributed by atoms with Crippen molar-refractivity contribution < 1.29 is 17.9 Å². The van der Waals surface area contributed by atoms with E-state index in [1.807, 2.05) is 55.5 Å². The molecule has 5 nitrogen and oxygen atoms in total. The molecule has 0 radical (unpaired) electrons. The number of rotatable bonds is 6. The van der Waals surface area contributed by atoms with Crippen molar-refractivity contribution in [3.05, 3.63) is 59.7 Å². The molecule has 1 amide bonds. The molecule has 1 aliphatic heterocycles. The van der Waals surface area contributed by atoms with Crippen LogP contribution in [0.2, 0.25) is 0 Å². The smallest absolute Gasteiger partial charge is 0.265 e. The van der Waals surface area contributed by atoms with Crippen molar-refractivity contribution in [2.24, 2.45) is 0 Å². The third-order valence-electron chi connectivity index (χ3n) is 5.06. The van der Waals surface area contributed by atoms with Gasteiger partial charge in [0, 0.05) is 5.69 Å². The Morgan fingerprint density at radius 2 is 1.75 bits per heavy atom. The van der Waals surface area contributed by atoms with Gasteiger partial charge in [-0.05, 0) is 49.1 Å². The van der Waals surface area contributed by atoms with Crippen LogP contribution in [-0.4, -0.2) is 38.5 Å². The van der Waals surface area contributed by atoms with Crippen LogP contribution in [0.15, 0.2) is 48.5 Å². The Bertz CT molecular complexity index is 918. The number of amides is 1. The first kappa shape index (κ1) is 20.4. The molecule has 1 fully saturated rings. The van der Waals surface area contributed by atoms with Crippen LogP contribution in [0.5, 0.6) is 5.75 Å². The van der Waals surface area contributed by atoms with E-state index < -0.39 is 9.84 Å². The molecule has 1 atom stereocenters. The van der Waals surface area contributed by atoms with Gasteiger partial charge in [0.1, 0.15) is 5.75 Å². The lowest BCUT2D eigenvalue weighted by Gasteiger charge is -2.28. The first-order valence-electron chi connectivity index (χ1n) is 9.57. The fourth-order valence-electron chi connectivity index (χ4n) is 3.41. The second-order valence-electron chi connectivity index (χ2n) is 7.67. The molecule has 0 aromatic heterocycles. The Labute approximate surface area is 167 Å². The fraction of sp³-hybridized carbons (Fsp3) is 0.409. The summed E-state index contributed by atoms with van der Waals surface area (Å²) in [4.78, 5) is 14.6. The molecule has 1 saturated heterocycles. The maximum Gasteiger partial charge on any atom is 0.265 e. The highest BCUT2D eigenvalue weighted by molar-refractivity contribution is 7.91.